The highest BCUT2D eigenvalue weighted by Crippen LogP contribution is 2.34. The maximum absolute atomic E-state index is 11.5. The van der Waals surface area contributed by atoms with Crippen molar-refractivity contribution in [2.24, 2.45) is 4.99 Å². The van der Waals surface area contributed by atoms with E-state index in [1.807, 2.05) is 0 Å². The summed E-state index contributed by atoms with van der Waals surface area (Å²) in [5.41, 5.74) is -0.0276. The molecule has 1 aliphatic heterocycles. The summed E-state index contributed by atoms with van der Waals surface area (Å²) < 4.78 is 4.55. The van der Waals surface area contributed by atoms with Gasteiger partial charge in [0.15, 0.2) is 0 Å². The highest BCUT2D eigenvalue weighted by molar-refractivity contribution is 8.15. The number of rotatable bonds is 1. The number of methoxy groups -OCH3 is 1. The van der Waals surface area contributed by atoms with Crippen molar-refractivity contribution in [1.82, 2.24) is 4.90 Å². The number of esters is 1. The minimum atomic E-state index is -0.690. The molecule has 0 fully saturated rings. The van der Waals surface area contributed by atoms with Gasteiger partial charge in [-0.15, -0.1) is 0 Å². The Balaban J connectivity index is 3.11. The summed E-state index contributed by atoms with van der Waals surface area (Å²) in [4.78, 5) is 28.0. The van der Waals surface area contributed by atoms with E-state index in [1.165, 1.54) is 12.0 Å². The molecule has 0 spiro atoms. The third-order valence-electron chi connectivity index (χ3n) is 2.11. The standard InChI is InChI=1S/C10H14N2O4S/c1-5-7(13)6(9(14)16-4)8(17-5)11-10(15)12(2)3/h5,13H,1-4H3. The molecule has 1 N–H and O–H groups in total. The molecular formula is C10H14N2O4S. The first-order valence-corrected chi connectivity index (χ1v) is 5.74. The minimum Gasteiger partial charge on any atom is -0.510 e. The molecule has 0 aromatic rings. The Hall–Kier alpha value is -1.50. The number of aliphatic imine (C=N–C) groups is 1. The van der Waals surface area contributed by atoms with Gasteiger partial charge in [-0.05, 0) is 6.92 Å². The molecule has 0 saturated heterocycles. The molecule has 17 heavy (non-hydrogen) atoms. The summed E-state index contributed by atoms with van der Waals surface area (Å²) in [5.74, 6) is -0.795. The molecule has 0 aliphatic carbocycles. The lowest BCUT2D eigenvalue weighted by atomic mass is 10.2. The molecule has 6 nitrogen and oxygen atoms in total. The highest BCUT2D eigenvalue weighted by atomic mass is 32.2. The van der Waals surface area contributed by atoms with Crippen LogP contribution in [-0.4, -0.2) is 53.5 Å². The van der Waals surface area contributed by atoms with Gasteiger partial charge in [-0.25, -0.2) is 9.59 Å². The van der Waals surface area contributed by atoms with Crippen LogP contribution in [0.3, 0.4) is 0 Å². The molecule has 94 valence electrons. The van der Waals surface area contributed by atoms with E-state index in [9.17, 15) is 14.7 Å². The average Bonchev–Trinajstić information content (AvgIpc) is 2.53. The van der Waals surface area contributed by atoms with E-state index in [0.717, 1.165) is 11.8 Å². The van der Waals surface area contributed by atoms with Crippen molar-refractivity contribution < 1.29 is 19.4 Å². The van der Waals surface area contributed by atoms with E-state index < -0.39 is 12.0 Å². The highest BCUT2D eigenvalue weighted by Gasteiger charge is 2.34. The number of aliphatic hydroxyl groups is 1. The molecule has 0 bridgehead atoms. The summed E-state index contributed by atoms with van der Waals surface area (Å²) in [7, 11) is 4.31. The van der Waals surface area contributed by atoms with Crippen molar-refractivity contribution in [2.45, 2.75) is 12.2 Å². The quantitative estimate of drug-likeness (QED) is 0.715. The van der Waals surface area contributed by atoms with E-state index in [0.29, 0.717) is 0 Å². The first-order valence-electron chi connectivity index (χ1n) is 4.87. The van der Waals surface area contributed by atoms with E-state index in [1.54, 1.807) is 21.0 Å². The number of ether oxygens (including phenoxy) is 1. The summed E-state index contributed by atoms with van der Waals surface area (Å²) in [6.45, 7) is 1.71. The van der Waals surface area contributed by atoms with Crippen LogP contribution in [0.5, 0.6) is 0 Å². The lowest BCUT2D eigenvalue weighted by molar-refractivity contribution is -0.135. The summed E-state index contributed by atoms with van der Waals surface area (Å²) in [6, 6.07) is -0.490. The molecule has 2 amide bonds. The summed E-state index contributed by atoms with van der Waals surface area (Å²) in [6.07, 6.45) is 0. The number of hydrogen-bond acceptors (Lipinski definition) is 5. The van der Waals surface area contributed by atoms with E-state index in [4.69, 9.17) is 0 Å². The van der Waals surface area contributed by atoms with Crippen LogP contribution in [0.15, 0.2) is 16.3 Å². The van der Waals surface area contributed by atoms with E-state index in [-0.39, 0.29) is 21.6 Å². The van der Waals surface area contributed by atoms with Crippen LogP contribution in [0.1, 0.15) is 6.92 Å². The second-order valence-electron chi connectivity index (χ2n) is 3.61. The number of carbonyl (C=O) groups is 2. The van der Waals surface area contributed by atoms with Gasteiger partial charge in [0, 0.05) is 14.1 Å². The molecule has 0 aromatic carbocycles. The van der Waals surface area contributed by atoms with Gasteiger partial charge in [0.1, 0.15) is 16.4 Å². The molecule has 1 unspecified atom stereocenters. The summed E-state index contributed by atoms with van der Waals surface area (Å²) in [5, 5.41) is 9.62. The predicted octanol–water partition coefficient (Wildman–Crippen LogP) is 1.19. The zero-order chi connectivity index (χ0) is 13.2. The molecule has 1 aliphatic rings. The van der Waals surface area contributed by atoms with Crippen LogP contribution >= 0.6 is 11.8 Å². The van der Waals surface area contributed by atoms with E-state index >= 15 is 0 Å². The van der Waals surface area contributed by atoms with Crippen molar-refractivity contribution in [3.8, 4) is 0 Å². The number of urea groups is 1. The molecule has 1 rings (SSSR count). The van der Waals surface area contributed by atoms with Crippen molar-refractivity contribution in [1.29, 1.82) is 0 Å². The number of carbonyl (C=O) groups excluding carboxylic acids is 2. The molecular weight excluding hydrogens is 244 g/mol. The van der Waals surface area contributed by atoms with Gasteiger partial charge in [-0.2, -0.15) is 4.99 Å². The lowest BCUT2D eigenvalue weighted by Crippen LogP contribution is -2.20. The van der Waals surface area contributed by atoms with Crippen LogP contribution in [0.4, 0.5) is 4.79 Å². The van der Waals surface area contributed by atoms with Crippen LogP contribution in [0.2, 0.25) is 0 Å². The first-order chi connectivity index (χ1) is 7.88. The monoisotopic (exact) mass is 258 g/mol. The normalized spacial score (nSPS) is 21.9. The van der Waals surface area contributed by atoms with Gasteiger partial charge in [0.2, 0.25) is 0 Å². The second-order valence-corrected chi connectivity index (χ2v) is 4.94. The van der Waals surface area contributed by atoms with Gasteiger partial charge in [-0.1, -0.05) is 11.8 Å². The number of nitrogens with zero attached hydrogens (tertiary/aromatic N) is 2. The first kappa shape index (κ1) is 13.6. The minimum absolute atomic E-state index is 0.0276. The average molecular weight is 258 g/mol. The van der Waals surface area contributed by atoms with Gasteiger partial charge in [0.25, 0.3) is 0 Å². The Morgan fingerprint density at radius 3 is 2.53 bits per heavy atom. The fourth-order valence-electron chi connectivity index (χ4n) is 1.16. The van der Waals surface area contributed by atoms with Crippen molar-refractivity contribution >= 4 is 28.8 Å². The Morgan fingerprint density at radius 2 is 2.06 bits per heavy atom. The Labute approximate surface area is 103 Å². The number of amides is 2. The fraction of sp³-hybridized carbons (Fsp3) is 0.500. The molecule has 0 saturated carbocycles. The smallest absolute Gasteiger partial charge is 0.344 e. The molecule has 7 heteroatoms. The van der Waals surface area contributed by atoms with Crippen LogP contribution in [-0.2, 0) is 9.53 Å². The largest absolute Gasteiger partial charge is 0.510 e. The predicted molar refractivity (Wildman–Crippen MR) is 65.2 cm³/mol. The lowest BCUT2D eigenvalue weighted by Gasteiger charge is -2.06. The molecule has 1 heterocycles. The third-order valence-corrected chi connectivity index (χ3v) is 3.21. The van der Waals surface area contributed by atoms with Crippen LogP contribution in [0.25, 0.3) is 0 Å². The Bertz CT molecular complexity index is 415. The summed E-state index contributed by atoms with van der Waals surface area (Å²) >= 11 is 1.15. The molecule has 1 atom stereocenters. The molecule has 0 aromatic heterocycles. The topological polar surface area (TPSA) is 79.2 Å². The number of aliphatic hydroxyl groups excluding tert-OH is 1. The fourth-order valence-corrected chi connectivity index (χ4v) is 2.16. The van der Waals surface area contributed by atoms with Crippen molar-refractivity contribution in [3.63, 3.8) is 0 Å². The Morgan fingerprint density at radius 1 is 1.47 bits per heavy atom. The van der Waals surface area contributed by atoms with Crippen LogP contribution in [0, 0.1) is 0 Å². The van der Waals surface area contributed by atoms with Gasteiger partial charge >= 0.3 is 12.0 Å². The SMILES string of the molecule is COC(=O)C1=C(O)C(C)SC1=NC(=O)N(C)C. The second kappa shape index (κ2) is 5.22. The maximum Gasteiger partial charge on any atom is 0.344 e. The van der Waals surface area contributed by atoms with Gasteiger partial charge < -0.3 is 14.7 Å². The number of thioether (sulfide) groups is 1. The third kappa shape index (κ3) is 2.79. The van der Waals surface area contributed by atoms with Crippen molar-refractivity contribution in [3.05, 3.63) is 11.3 Å². The van der Waals surface area contributed by atoms with E-state index in [2.05, 4.69) is 9.73 Å². The number of hydrogen-bond donors (Lipinski definition) is 1. The van der Waals surface area contributed by atoms with Gasteiger partial charge in [0.05, 0.1) is 12.4 Å². The maximum atomic E-state index is 11.5. The van der Waals surface area contributed by atoms with Gasteiger partial charge in [-0.3, -0.25) is 0 Å². The van der Waals surface area contributed by atoms with Crippen molar-refractivity contribution in [2.75, 3.05) is 21.2 Å². The zero-order valence-electron chi connectivity index (χ0n) is 10.1. The Kier molecular flexibility index (Phi) is 4.17. The van der Waals surface area contributed by atoms with Crippen LogP contribution < -0.4 is 0 Å². The zero-order valence-corrected chi connectivity index (χ0v) is 10.9. The molecule has 0 radical (unpaired) electrons.